The molecule has 0 bridgehead atoms. The largest absolute Gasteiger partial charge is 0.481 e. The molecule has 3 N–H and O–H groups in total. The van der Waals surface area contributed by atoms with E-state index in [1.165, 1.54) is 0 Å². The average molecular weight is 464 g/mol. The van der Waals surface area contributed by atoms with E-state index in [2.05, 4.69) is 16.2 Å². The van der Waals surface area contributed by atoms with Gasteiger partial charge in [0.05, 0.1) is 12.2 Å². The van der Waals surface area contributed by atoms with E-state index in [9.17, 15) is 9.59 Å². The molecule has 170 valence electrons. The molecule has 0 unspecified atom stereocenters. The molecular weight excluding hydrogens is 438 g/mol. The first-order valence-electron chi connectivity index (χ1n) is 10.4. The summed E-state index contributed by atoms with van der Waals surface area (Å²) in [5.41, 5.74) is 8.41. The smallest absolute Gasteiger partial charge is 0.338 e. The summed E-state index contributed by atoms with van der Waals surface area (Å²) >= 11 is 5.19. The second-order valence-electron chi connectivity index (χ2n) is 7.02. The van der Waals surface area contributed by atoms with Gasteiger partial charge in [-0.1, -0.05) is 42.5 Å². The molecule has 1 amide bonds. The van der Waals surface area contributed by atoms with Gasteiger partial charge in [-0.05, 0) is 73.6 Å². The quantitative estimate of drug-likeness (QED) is 0.273. The monoisotopic (exact) mass is 463 g/mol. The van der Waals surface area contributed by atoms with E-state index in [4.69, 9.17) is 21.7 Å². The molecule has 1 atom stereocenters. The molecule has 0 saturated heterocycles. The second kappa shape index (κ2) is 11.6. The minimum atomic E-state index is -0.744. The predicted molar refractivity (Wildman–Crippen MR) is 132 cm³/mol. The van der Waals surface area contributed by atoms with Crippen LogP contribution in [-0.2, 0) is 9.53 Å². The van der Waals surface area contributed by atoms with Crippen molar-refractivity contribution in [2.45, 2.75) is 20.0 Å². The fourth-order valence-corrected chi connectivity index (χ4v) is 3.07. The maximum Gasteiger partial charge on any atom is 0.338 e. The third-order valence-electron chi connectivity index (χ3n) is 4.60. The third-order valence-corrected chi connectivity index (χ3v) is 4.80. The van der Waals surface area contributed by atoms with Crippen LogP contribution in [-0.4, -0.2) is 29.7 Å². The van der Waals surface area contributed by atoms with E-state index in [1.54, 1.807) is 38.1 Å². The Morgan fingerprint density at radius 3 is 2.15 bits per heavy atom. The number of hydrazine groups is 1. The highest BCUT2D eigenvalue weighted by Gasteiger charge is 2.15. The van der Waals surface area contributed by atoms with Gasteiger partial charge in [-0.25, -0.2) is 4.79 Å². The maximum atomic E-state index is 12.3. The maximum absolute atomic E-state index is 12.3. The Morgan fingerprint density at radius 1 is 0.879 bits per heavy atom. The fourth-order valence-electron chi connectivity index (χ4n) is 2.90. The van der Waals surface area contributed by atoms with Crippen molar-refractivity contribution in [1.82, 2.24) is 10.9 Å². The number of carbonyl (C=O) groups is 2. The number of hydrogen-bond acceptors (Lipinski definition) is 5. The van der Waals surface area contributed by atoms with Crippen LogP contribution in [0, 0.1) is 0 Å². The van der Waals surface area contributed by atoms with Gasteiger partial charge in [-0.2, -0.15) is 0 Å². The summed E-state index contributed by atoms with van der Waals surface area (Å²) in [5.74, 6) is -0.190. The van der Waals surface area contributed by atoms with E-state index in [0.717, 1.165) is 11.1 Å². The number of carbonyl (C=O) groups excluding carboxylic acids is 2. The highest BCUT2D eigenvalue weighted by atomic mass is 32.1. The number of hydrogen-bond donors (Lipinski definition) is 3. The molecule has 0 fully saturated rings. The summed E-state index contributed by atoms with van der Waals surface area (Å²) in [6.07, 6.45) is -0.744. The van der Waals surface area contributed by atoms with Crippen molar-refractivity contribution >= 4 is 34.9 Å². The van der Waals surface area contributed by atoms with E-state index in [1.807, 2.05) is 54.6 Å². The zero-order chi connectivity index (χ0) is 23.6. The molecule has 0 aliphatic rings. The Hall–Kier alpha value is -3.91. The molecular formula is C25H25N3O4S. The van der Waals surface area contributed by atoms with Gasteiger partial charge in [-0.15, -0.1) is 0 Å². The number of ether oxygens (including phenoxy) is 2. The molecule has 3 aromatic rings. The lowest BCUT2D eigenvalue weighted by molar-refractivity contribution is -0.127. The fraction of sp³-hybridized carbons (Fsp3) is 0.160. The first-order chi connectivity index (χ1) is 16.0. The van der Waals surface area contributed by atoms with Crippen LogP contribution in [0.4, 0.5) is 5.69 Å². The molecule has 0 saturated carbocycles. The normalized spacial score (nSPS) is 11.1. The number of nitrogens with one attached hydrogen (secondary N) is 3. The van der Waals surface area contributed by atoms with Gasteiger partial charge in [0, 0.05) is 5.69 Å². The molecule has 0 heterocycles. The molecule has 0 spiro atoms. The van der Waals surface area contributed by atoms with Crippen molar-refractivity contribution in [2.75, 3.05) is 11.9 Å². The Bertz CT molecular complexity index is 1090. The van der Waals surface area contributed by atoms with Gasteiger partial charge in [0.15, 0.2) is 11.2 Å². The van der Waals surface area contributed by atoms with Crippen LogP contribution in [0.1, 0.15) is 24.2 Å². The second-order valence-corrected chi connectivity index (χ2v) is 7.42. The lowest BCUT2D eigenvalue weighted by atomic mass is 10.1. The van der Waals surface area contributed by atoms with Crippen LogP contribution >= 0.6 is 12.2 Å². The summed E-state index contributed by atoms with van der Waals surface area (Å²) in [5, 5.41) is 3.11. The van der Waals surface area contributed by atoms with Crippen LogP contribution in [0.2, 0.25) is 0 Å². The highest BCUT2D eigenvalue weighted by Crippen LogP contribution is 2.22. The van der Waals surface area contributed by atoms with E-state index < -0.39 is 6.10 Å². The number of rotatable bonds is 7. The first kappa shape index (κ1) is 23.7. The molecule has 3 aromatic carbocycles. The summed E-state index contributed by atoms with van der Waals surface area (Å²) in [6, 6.07) is 24.2. The molecule has 7 nitrogen and oxygen atoms in total. The number of anilines is 1. The first-order valence-corrected chi connectivity index (χ1v) is 10.8. The van der Waals surface area contributed by atoms with Gasteiger partial charge in [0.2, 0.25) is 0 Å². The standard InChI is InChI=1S/C25H25N3O4S/c1-3-31-24(30)20-9-13-21(14-10-20)26-25(33)28-27-23(29)17(2)32-22-15-11-19(12-16-22)18-7-5-4-6-8-18/h4-17H,3H2,1-2H3,(H,27,29)(H2,26,28,33)/t17-/m0/s1. The molecule has 0 aliphatic heterocycles. The third kappa shape index (κ3) is 7.05. The molecule has 3 rings (SSSR count). The van der Waals surface area contributed by atoms with Gasteiger partial charge in [-0.3, -0.25) is 15.6 Å². The molecule has 8 heteroatoms. The van der Waals surface area contributed by atoms with E-state index in [-0.39, 0.29) is 17.0 Å². The summed E-state index contributed by atoms with van der Waals surface area (Å²) < 4.78 is 10.7. The van der Waals surface area contributed by atoms with Crippen LogP contribution in [0.5, 0.6) is 5.75 Å². The molecule has 0 aliphatic carbocycles. The summed E-state index contributed by atoms with van der Waals surface area (Å²) in [4.78, 5) is 24.0. The molecule has 0 radical (unpaired) electrons. The highest BCUT2D eigenvalue weighted by molar-refractivity contribution is 7.80. The Kier molecular flexibility index (Phi) is 8.37. The lowest BCUT2D eigenvalue weighted by Crippen LogP contribution is -2.48. The summed E-state index contributed by atoms with van der Waals surface area (Å²) in [7, 11) is 0. The van der Waals surface area contributed by atoms with Crippen LogP contribution < -0.4 is 20.9 Å². The number of thiocarbonyl (C=S) groups is 1. The van der Waals surface area contributed by atoms with Crippen LogP contribution in [0.3, 0.4) is 0 Å². The van der Waals surface area contributed by atoms with E-state index >= 15 is 0 Å². The minimum Gasteiger partial charge on any atom is -0.481 e. The number of esters is 1. The van der Waals surface area contributed by atoms with Crippen LogP contribution in [0.15, 0.2) is 78.9 Å². The van der Waals surface area contributed by atoms with Crippen molar-refractivity contribution in [3.05, 3.63) is 84.4 Å². The lowest BCUT2D eigenvalue weighted by Gasteiger charge is -2.17. The Labute approximate surface area is 198 Å². The molecule has 0 aromatic heterocycles. The van der Waals surface area contributed by atoms with Gasteiger partial charge in [0.1, 0.15) is 5.75 Å². The van der Waals surface area contributed by atoms with Crippen LogP contribution in [0.25, 0.3) is 11.1 Å². The Balaban J connectivity index is 1.45. The van der Waals surface area contributed by atoms with Gasteiger partial charge >= 0.3 is 5.97 Å². The topological polar surface area (TPSA) is 88.7 Å². The summed E-state index contributed by atoms with van der Waals surface area (Å²) in [6.45, 7) is 3.71. The van der Waals surface area contributed by atoms with Gasteiger partial charge in [0.25, 0.3) is 5.91 Å². The number of amides is 1. The number of benzene rings is 3. The van der Waals surface area contributed by atoms with Crippen molar-refractivity contribution < 1.29 is 19.1 Å². The van der Waals surface area contributed by atoms with Crippen molar-refractivity contribution in [3.8, 4) is 16.9 Å². The Morgan fingerprint density at radius 2 is 1.52 bits per heavy atom. The minimum absolute atomic E-state index is 0.187. The van der Waals surface area contributed by atoms with Crippen molar-refractivity contribution in [2.24, 2.45) is 0 Å². The van der Waals surface area contributed by atoms with Gasteiger partial charge < -0.3 is 14.8 Å². The van der Waals surface area contributed by atoms with Crippen molar-refractivity contribution in [3.63, 3.8) is 0 Å². The van der Waals surface area contributed by atoms with E-state index in [0.29, 0.717) is 23.6 Å². The molecule has 33 heavy (non-hydrogen) atoms. The van der Waals surface area contributed by atoms with Crippen molar-refractivity contribution in [1.29, 1.82) is 0 Å². The zero-order valence-corrected chi connectivity index (χ0v) is 19.1. The zero-order valence-electron chi connectivity index (χ0n) is 18.3. The predicted octanol–water partition coefficient (Wildman–Crippen LogP) is 4.32. The average Bonchev–Trinajstić information content (AvgIpc) is 2.84. The SMILES string of the molecule is CCOC(=O)c1ccc(NC(=S)NNC(=O)[C@H](C)Oc2ccc(-c3ccccc3)cc2)cc1.